The van der Waals surface area contributed by atoms with Gasteiger partial charge in [0.2, 0.25) is 11.8 Å². The van der Waals surface area contributed by atoms with Crippen molar-refractivity contribution in [2.24, 2.45) is 0 Å². The smallest absolute Gasteiger partial charge is 0.234 e. The topological polar surface area (TPSA) is 64.7 Å². The highest BCUT2D eigenvalue weighted by Gasteiger charge is 2.16. The summed E-state index contributed by atoms with van der Waals surface area (Å²) in [6.07, 6.45) is 0.482. The van der Waals surface area contributed by atoms with Crippen molar-refractivity contribution < 1.29 is 9.59 Å². The molecule has 1 saturated heterocycles. The zero-order valence-corrected chi connectivity index (χ0v) is 11.4. The Morgan fingerprint density at radius 3 is 2.61 bits per heavy atom. The molecule has 1 rings (SSSR count). The highest BCUT2D eigenvalue weighted by atomic mass is 16.2. The first-order valence-corrected chi connectivity index (χ1v) is 6.57. The molecule has 0 bridgehead atoms. The fourth-order valence-electron chi connectivity index (χ4n) is 1.94. The Balaban J connectivity index is 2.18. The summed E-state index contributed by atoms with van der Waals surface area (Å²) in [5, 5.41) is 5.96. The number of hydrogen-bond donors (Lipinski definition) is 2. The monoisotopic (exact) mass is 256 g/mol. The lowest BCUT2D eigenvalue weighted by molar-refractivity contribution is -0.132. The van der Waals surface area contributed by atoms with Crippen molar-refractivity contribution in [3.05, 3.63) is 0 Å². The number of nitrogens with zero attached hydrogens (tertiary/aromatic N) is 2. The van der Waals surface area contributed by atoms with Crippen LogP contribution >= 0.6 is 0 Å². The number of amides is 2. The summed E-state index contributed by atoms with van der Waals surface area (Å²) < 4.78 is 0. The molecule has 18 heavy (non-hydrogen) atoms. The van der Waals surface area contributed by atoms with Crippen molar-refractivity contribution in [2.45, 2.75) is 13.3 Å². The van der Waals surface area contributed by atoms with Crippen LogP contribution in [0.2, 0.25) is 0 Å². The standard InChI is InChI=1S/C12H24N4O2/c1-3-14-11(17)10-15(2)7-4-12(18)16-8-5-13-6-9-16/h13H,3-10H2,1-2H3,(H,14,17). The van der Waals surface area contributed by atoms with Crippen LogP contribution in [-0.2, 0) is 9.59 Å². The Morgan fingerprint density at radius 2 is 2.00 bits per heavy atom. The normalized spacial score (nSPS) is 15.8. The van der Waals surface area contributed by atoms with Crippen molar-refractivity contribution >= 4 is 11.8 Å². The molecule has 2 N–H and O–H groups in total. The van der Waals surface area contributed by atoms with Crippen LogP contribution in [0.1, 0.15) is 13.3 Å². The van der Waals surface area contributed by atoms with E-state index in [9.17, 15) is 9.59 Å². The van der Waals surface area contributed by atoms with Crippen LogP contribution in [0.5, 0.6) is 0 Å². The number of carbonyl (C=O) groups is 2. The maximum atomic E-state index is 11.9. The summed E-state index contributed by atoms with van der Waals surface area (Å²) in [5.41, 5.74) is 0. The van der Waals surface area contributed by atoms with Gasteiger partial charge in [-0.25, -0.2) is 0 Å². The Labute approximate surface area is 109 Å². The Hall–Kier alpha value is -1.14. The molecule has 1 heterocycles. The number of likely N-dealkylation sites (N-methyl/N-ethyl adjacent to an activating group) is 2. The minimum absolute atomic E-state index is 0.00891. The Kier molecular flexibility index (Phi) is 6.67. The van der Waals surface area contributed by atoms with Crippen molar-refractivity contribution in [3.63, 3.8) is 0 Å². The van der Waals surface area contributed by atoms with Gasteiger partial charge in [-0.15, -0.1) is 0 Å². The summed E-state index contributed by atoms with van der Waals surface area (Å²) in [6.45, 7) is 6.85. The highest BCUT2D eigenvalue weighted by Crippen LogP contribution is 1.98. The second kappa shape index (κ2) is 8.05. The maximum Gasteiger partial charge on any atom is 0.234 e. The van der Waals surface area contributed by atoms with Gasteiger partial charge in [0.1, 0.15) is 0 Å². The molecule has 0 unspecified atom stereocenters. The van der Waals surface area contributed by atoms with Crippen LogP contribution in [0.25, 0.3) is 0 Å². The van der Waals surface area contributed by atoms with Gasteiger partial charge in [-0.2, -0.15) is 0 Å². The van der Waals surface area contributed by atoms with Gasteiger partial charge in [0, 0.05) is 45.7 Å². The summed E-state index contributed by atoms with van der Waals surface area (Å²) in [4.78, 5) is 27.0. The predicted molar refractivity (Wildman–Crippen MR) is 70.2 cm³/mol. The fraction of sp³-hybridized carbons (Fsp3) is 0.833. The molecular formula is C12H24N4O2. The lowest BCUT2D eigenvalue weighted by Crippen LogP contribution is -2.47. The molecule has 0 aromatic rings. The molecule has 0 aromatic carbocycles. The maximum absolute atomic E-state index is 11.9. The molecule has 104 valence electrons. The zero-order valence-electron chi connectivity index (χ0n) is 11.4. The minimum atomic E-state index is 0.00891. The van der Waals surface area contributed by atoms with Gasteiger partial charge in [0.25, 0.3) is 0 Å². The van der Waals surface area contributed by atoms with Crippen molar-refractivity contribution in [1.29, 1.82) is 0 Å². The Bertz CT molecular complexity index is 277. The molecule has 0 spiro atoms. The van der Waals surface area contributed by atoms with Crippen LogP contribution in [0.4, 0.5) is 0 Å². The first-order chi connectivity index (χ1) is 8.63. The molecule has 6 nitrogen and oxygen atoms in total. The van der Waals surface area contributed by atoms with E-state index in [0.29, 0.717) is 26.1 Å². The first kappa shape index (κ1) is 14.9. The van der Waals surface area contributed by atoms with Crippen LogP contribution in [0.3, 0.4) is 0 Å². The van der Waals surface area contributed by atoms with Gasteiger partial charge in [0.05, 0.1) is 6.54 Å². The van der Waals surface area contributed by atoms with Gasteiger partial charge >= 0.3 is 0 Å². The molecule has 2 amide bonds. The van der Waals surface area contributed by atoms with Gasteiger partial charge in [0.15, 0.2) is 0 Å². The third kappa shape index (κ3) is 5.46. The second-order valence-electron chi connectivity index (χ2n) is 4.57. The van der Waals surface area contributed by atoms with Crippen molar-refractivity contribution in [3.8, 4) is 0 Å². The molecular weight excluding hydrogens is 232 g/mol. The first-order valence-electron chi connectivity index (χ1n) is 6.57. The van der Waals surface area contributed by atoms with E-state index < -0.39 is 0 Å². The third-order valence-electron chi connectivity index (χ3n) is 2.96. The van der Waals surface area contributed by atoms with E-state index in [1.807, 2.05) is 23.8 Å². The highest BCUT2D eigenvalue weighted by molar-refractivity contribution is 5.78. The Morgan fingerprint density at radius 1 is 1.33 bits per heavy atom. The van der Waals surface area contributed by atoms with Crippen LogP contribution < -0.4 is 10.6 Å². The SMILES string of the molecule is CCNC(=O)CN(C)CCC(=O)N1CCNCC1. The molecule has 1 aliphatic rings. The fourth-order valence-corrected chi connectivity index (χ4v) is 1.94. The van der Waals surface area contributed by atoms with E-state index in [1.165, 1.54) is 0 Å². The molecule has 1 aliphatic heterocycles. The van der Waals surface area contributed by atoms with Crippen molar-refractivity contribution in [2.75, 3.05) is 52.9 Å². The third-order valence-corrected chi connectivity index (χ3v) is 2.96. The number of piperazine rings is 1. The van der Waals surface area contributed by atoms with Crippen LogP contribution in [0, 0.1) is 0 Å². The number of carbonyl (C=O) groups excluding carboxylic acids is 2. The summed E-state index contributed by atoms with van der Waals surface area (Å²) in [6, 6.07) is 0. The summed E-state index contributed by atoms with van der Waals surface area (Å²) in [7, 11) is 1.86. The molecule has 6 heteroatoms. The average molecular weight is 256 g/mol. The number of rotatable bonds is 6. The van der Waals surface area contributed by atoms with E-state index in [4.69, 9.17) is 0 Å². The van der Waals surface area contributed by atoms with Gasteiger partial charge in [-0.05, 0) is 14.0 Å². The number of hydrogen-bond acceptors (Lipinski definition) is 4. The number of nitrogens with one attached hydrogen (secondary N) is 2. The van der Waals surface area contributed by atoms with Gasteiger partial charge in [-0.3, -0.25) is 14.5 Å². The van der Waals surface area contributed by atoms with E-state index in [1.54, 1.807) is 0 Å². The van der Waals surface area contributed by atoms with E-state index in [2.05, 4.69) is 10.6 Å². The predicted octanol–water partition coefficient (Wildman–Crippen LogP) is -1.12. The molecule has 0 radical (unpaired) electrons. The molecule has 1 fully saturated rings. The van der Waals surface area contributed by atoms with E-state index >= 15 is 0 Å². The van der Waals surface area contributed by atoms with Crippen LogP contribution in [-0.4, -0.2) is 74.5 Å². The zero-order chi connectivity index (χ0) is 13.4. The lowest BCUT2D eigenvalue weighted by Gasteiger charge is -2.28. The van der Waals surface area contributed by atoms with Gasteiger partial charge in [-0.1, -0.05) is 0 Å². The van der Waals surface area contributed by atoms with E-state index in [0.717, 1.165) is 26.2 Å². The van der Waals surface area contributed by atoms with Crippen molar-refractivity contribution in [1.82, 2.24) is 20.4 Å². The lowest BCUT2D eigenvalue weighted by atomic mass is 10.3. The van der Waals surface area contributed by atoms with E-state index in [-0.39, 0.29) is 11.8 Å². The van der Waals surface area contributed by atoms with Gasteiger partial charge < -0.3 is 15.5 Å². The molecule has 0 saturated carbocycles. The molecule has 0 atom stereocenters. The quantitative estimate of drug-likeness (QED) is 0.631. The van der Waals surface area contributed by atoms with Crippen LogP contribution in [0.15, 0.2) is 0 Å². The average Bonchev–Trinajstić information content (AvgIpc) is 2.37. The molecule has 0 aliphatic carbocycles. The summed E-state index contributed by atoms with van der Waals surface area (Å²) in [5.74, 6) is 0.189. The summed E-state index contributed by atoms with van der Waals surface area (Å²) >= 11 is 0. The minimum Gasteiger partial charge on any atom is -0.355 e. The second-order valence-corrected chi connectivity index (χ2v) is 4.57. The molecule has 0 aromatic heterocycles. The largest absolute Gasteiger partial charge is 0.355 e.